The number of hydrogen-bond donors (Lipinski definition) is 1. The van der Waals surface area contributed by atoms with Crippen molar-refractivity contribution in [2.45, 2.75) is 13.3 Å². The van der Waals surface area contributed by atoms with Gasteiger partial charge in [0.25, 0.3) is 5.69 Å². The number of anilines is 1. The number of rotatable bonds is 6. The van der Waals surface area contributed by atoms with Crippen molar-refractivity contribution in [3.63, 3.8) is 0 Å². The first kappa shape index (κ1) is 14.8. The Bertz CT molecular complexity index is 644. The molecule has 1 aromatic heterocycles. The Hall–Kier alpha value is -2.63. The summed E-state index contributed by atoms with van der Waals surface area (Å²) in [4.78, 5) is 15.1. The average Bonchev–Trinajstić information content (AvgIpc) is 2.52. The van der Waals surface area contributed by atoms with E-state index in [1.807, 2.05) is 25.1 Å². The summed E-state index contributed by atoms with van der Waals surface area (Å²) >= 11 is 0. The molecule has 0 saturated heterocycles. The lowest BCUT2D eigenvalue weighted by Crippen LogP contribution is -2.04. The number of aromatic nitrogens is 1. The number of pyridine rings is 1. The van der Waals surface area contributed by atoms with E-state index < -0.39 is 4.92 Å². The Kier molecular flexibility index (Phi) is 4.71. The zero-order chi connectivity index (χ0) is 15.2. The Labute approximate surface area is 122 Å². The van der Waals surface area contributed by atoms with E-state index in [0.29, 0.717) is 23.8 Å². The molecule has 0 radical (unpaired) electrons. The van der Waals surface area contributed by atoms with Gasteiger partial charge >= 0.3 is 0 Å². The van der Waals surface area contributed by atoms with Gasteiger partial charge in [0.15, 0.2) is 0 Å². The molecule has 0 saturated carbocycles. The molecule has 0 aliphatic carbocycles. The van der Waals surface area contributed by atoms with Gasteiger partial charge in [-0.25, -0.2) is 4.98 Å². The Balaban J connectivity index is 2.51. The summed E-state index contributed by atoms with van der Waals surface area (Å²) in [5.41, 5.74) is 1.24. The lowest BCUT2D eigenvalue weighted by Gasteiger charge is -2.10. The molecule has 0 unspecified atom stereocenters. The molecule has 0 aliphatic heterocycles. The second-order valence-electron chi connectivity index (χ2n) is 4.48. The molecule has 2 rings (SSSR count). The van der Waals surface area contributed by atoms with Gasteiger partial charge in [0, 0.05) is 18.2 Å². The van der Waals surface area contributed by atoms with Crippen molar-refractivity contribution in [2.75, 3.05) is 19.0 Å². The van der Waals surface area contributed by atoms with E-state index in [4.69, 9.17) is 4.74 Å². The maximum absolute atomic E-state index is 11.1. The number of nitrogens with zero attached hydrogens (tertiary/aromatic N) is 2. The van der Waals surface area contributed by atoms with Crippen molar-refractivity contribution in [1.82, 2.24) is 4.98 Å². The van der Waals surface area contributed by atoms with Crippen molar-refractivity contribution in [3.8, 4) is 17.0 Å². The van der Waals surface area contributed by atoms with Crippen LogP contribution in [0.15, 0.2) is 36.4 Å². The third-order valence-corrected chi connectivity index (χ3v) is 2.96. The van der Waals surface area contributed by atoms with E-state index in [-0.39, 0.29) is 5.69 Å². The van der Waals surface area contributed by atoms with Gasteiger partial charge in [-0.2, -0.15) is 0 Å². The van der Waals surface area contributed by atoms with Crippen LogP contribution < -0.4 is 10.1 Å². The zero-order valence-electron chi connectivity index (χ0n) is 12.0. The Morgan fingerprint density at radius 3 is 2.76 bits per heavy atom. The van der Waals surface area contributed by atoms with Crippen molar-refractivity contribution in [1.29, 1.82) is 0 Å². The maximum atomic E-state index is 11.1. The lowest BCUT2D eigenvalue weighted by molar-refractivity contribution is -0.384. The molecular formula is C15H17N3O3. The van der Waals surface area contributed by atoms with E-state index >= 15 is 0 Å². The van der Waals surface area contributed by atoms with Gasteiger partial charge in [-0.3, -0.25) is 10.1 Å². The van der Waals surface area contributed by atoms with Crippen molar-refractivity contribution < 1.29 is 9.66 Å². The van der Waals surface area contributed by atoms with Gasteiger partial charge < -0.3 is 10.1 Å². The smallest absolute Gasteiger partial charge is 0.275 e. The molecule has 1 N–H and O–H groups in total. The van der Waals surface area contributed by atoms with Crippen LogP contribution in [0.1, 0.15) is 13.3 Å². The highest BCUT2D eigenvalue weighted by Gasteiger charge is 2.14. The summed E-state index contributed by atoms with van der Waals surface area (Å²) in [6.07, 6.45) is 0.911. The number of methoxy groups -OCH3 is 1. The SMILES string of the molecule is CCCNc1cc([N+](=O)[O-])cc(-c2ccccc2OC)n1. The van der Waals surface area contributed by atoms with E-state index in [2.05, 4.69) is 10.3 Å². The summed E-state index contributed by atoms with van der Waals surface area (Å²) in [7, 11) is 1.56. The van der Waals surface area contributed by atoms with Gasteiger partial charge in [-0.15, -0.1) is 0 Å². The predicted octanol–water partition coefficient (Wildman–Crippen LogP) is 3.49. The van der Waals surface area contributed by atoms with Crippen LogP contribution in [0, 0.1) is 10.1 Å². The van der Waals surface area contributed by atoms with Crippen LogP contribution in [0.4, 0.5) is 11.5 Å². The van der Waals surface area contributed by atoms with Crippen LogP contribution in [-0.4, -0.2) is 23.6 Å². The molecule has 0 aliphatic rings. The van der Waals surface area contributed by atoms with E-state index in [1.165, 1.54) is 12.1 Å². The maximum Gasteiger partial charge on any atom is 0.275 e. The van der Waals surface area contributed by atoms with Crippen LogP contribution in [0.2, 0.25) is 0 Å². The first-order chi connectivity index (χ1) is 10.2. The van der Waals surface area contributed by atoms with Crippen molar-refractivity contribution >= 4 is 11.5 Å². The number of para-hydroxylation sites is 1. The summed E-state index contributed by atoms with van der Waals surface area (Å²) in [5, 5.41) is 14.2. The topological polar surface area (TPSA) is 77.3 Å². The quantitative estimate of drug-likeness (QED) is 0.650. The monoisotopic (exact) mass is 287 g/mol. The van der Waals surface area contributed by atoms with Gasteiger partial charge in [0.05, 0.1) is 23.8 Å². The fraction of sp³-hybridized carbons (Fsp3) is 0.267. The predicted molar refractivity (Wildman–Crippen MR) is 81.7 cm³/mol. The molecule has 0 spiro atoms. The molecule has 0 bridgehead atoms. The second-order valence-corrected chi connectivity index (χ2v) is 4.48. The summed E-state index contributed by atoms with van der Waals surface area (Å²) in [6.45, 7) is 2.73. The molecule has 21 heavy (non-hydrogen) atoms. The molecule has 0 fully saturated rings. The van der Waals surface area contributed by atoms with Gasteiger partial charge in [0.1, 0.15) is 11.6 Å². The molecule has 6 nitrogen and oxygen atoms in total. The first-order valence-electron chi connectivity index (χ1n) is 6.69. The van der Waals surface area contributed by atoms with Crippen LogP contribution in [0.3, 0.4) is 0 Å². The fourth-order valence-electron chi connectivity index (χ4n) is 1.96. The molecule has 1 aromatic carbocycles. The second kappa shape index (κ2) is 6.69. The highest BCUT2D eigenvalue weighted by atomic mass is 16.6. The van der Waals surface area contributed by atoms with Crippen LogP contribution in [0.5, 0.6) is 5.75 Å². The number of hydrogen-bond acceptors (Lipinski definition) is 5. The fourth-order valence-corrected chi connectivity index (χ4v) is 1.96. The van der Waals surface area contributed by atoms with Crippen molar-refractivity contribution in [2.24, 2.45) is 0 Å². The molecule has 0 amide bonds. The highest BCUT2D eigenvalue weighted by molar-refractivity contribution is 5.70. The van der Waals surface area contributed by atoms with E-state index in [9.17, 15) is 10.1 Å². The third-order valence-electron chi connectivity index (χ3n) is 2.96. The van der Waals surface area contributed by atoms with Crippen molar-refractivity contribution in [3.05, 3.63) is 46.5 Å². The molecule has 1 heterocycles. The minimum absolute atomic E-state index is 0.00418. The summed E-state index contributed by atoms with van der Waals surface area (Å²) in [5.74, 6) is 1.12. The summed E-state index contributed by atoms with van der Waals surface area (Å²) in [6, 6.07) is 10.2. The zero-order valence-corrected chi connectivity index (χ0v) is 12.0. The Morgan fingerprint density at radius 2 is 2.10 bits per heavy atom. The minimum Gasteiger partial charge on any atom is -0.496 e. The van der Waals surface area contributed by atoms with Crippen LogP contribution in [0.25, 0.3) is 11.3 Å². The Morgan fingerprint density at radius 1 is 1.33 bits per heavy atom. The molecule has 2 aromatic rings. The summed E-state index contributed by atoms with van der Waals surface area (Å²) < 4.78 is 5.29. The molecule has 110 valence electrons. The van der Waals surface area contributed by atoms with Gasteiger partial charge in [-0.1, -0.05) is 19.1 Å². The molecule has 6 heteroatoms. The van der Waals surface area contributed by atoms with E-state index in [0.717, 1.165) is 12.0 Å². The molecule has 0 atom stereocenters. The van der Waals surface area contributed by atoms with Gasteiger partial charge in [-0.05, 0) is 18.6 Å². The minimum atomic E-state index is -0.419. The normalized spacial score (nSPS) is 10.2. The largest absolute Gasteiger partial charge is 0.496 e. The highest BCUT2D eigenvalue weighted by Crippen LogP contribution is 2.31. The lowest BCUT2D eigenvalue weighted by atomic mass is 10.1. The average molecular weight is 287 g/mol. The van der Waals surface area contributed by atoms with Crippen LogP contribution >= 0.6 is 0 Å². The number of nitrogens with one attached hydrogen (secondary N) is 1. The molecular weight excluding hydrogens is 270 g/mol. The number of ether oxygens (including phenoxy) is 1. The van der Waals surface area contributed by atoms with Gasteiger partial charge in [0.2, 0.25) is 0 Å². The standard InChI is InChI=1S/C15H17N3O3/c1-3-8-16-15-10-11(18(19)20)9-13(17-15)12-6-4-5-7-14(12)21-2/h4-7,9-10H,3,8H2,1-2H3,(H,16,17). The first-order valence-corrected chi connectivity index (χ1v) is 6.69. The van der Waals surface area contributed by atoms with Crippen LogP contribution in [-0.2, 0) is 0 Å². The number of nitro groups is 1. The third kappa shape index (κ3) is 3.47. The number of benzene rings is 1. The van der Waals surface area contributed by atoms with E-state index in [1.54, 1.807) is 13.2 Å².